The number of guanidine groups is 1. The molecule has 1 saturated heterocycles. The predicted molar refractivity (Wildman–Crippen MR) is 69.2 cm³/mol. The largest absolute Gasteiger partial charge is 0.377 e. The number of nitrogens with zero attached hydrogens (tertiary/aromatic N) is 2. The van der Waals surface area contributed by atoms with Crippen LogP contribution in [-0.4, -0.2) is 56.4 Å². The highest BCUT2D eigenvalue weighted by Gasteiger charge is 2.14. The zero-order valence-electron chi connectivity index (χ0n) is 11.0. The van der Waals surface area contributed by atoms with Gasteiger partial charge in [0.05, 0.1) is 25.9 Å². The van der Waals surface area contributed by atoms with Crippen LogP contribution in [0.1, 0.15) is 26.7 Å². The molecule has 0 saturated carbocycles. The van der Waals surface area contributed by atoms with E-state index in [4.69, 9.17) is 15.2 Å². The van der Waals surface area contributed by atoms with Crippen LogP contribution in [0.2, 0.25) is 0 Å². The minimum atomic E-state index is 0.291. The molecule has 0 aliphatic carbocycles. The number of hydrogen-bond acceptors (Lipinski definition) is 3. The van der Waals surface area contributed by atoms with Gasteiger partial charge in [-0.1, -0.05) is 0 Å². The van der Waals surface area contributed by atoms with Crippen LogP contribution in [0.3, 0.4) is 0 Å². The van der Waals surface area contributed by atoms with E-state index >= 15 is 0 Å². The number of nitrogens with two attached hydrogens (primary N) is 1. The molecule has 0 aromatic heterocycles. The summed E-state index contributed by atoms with van der Waals surface area (Å²) in [5, 5.41) is 0. The van der Waals surface area contributed by atoms with E-state index in [0.29, 0.717) is 31.8 Å². The summed E-state index contributed by atoms with van der Waals surface area (Å²) >= 11 is 0. The standard InChI is InChI=1S/C12H25N3O2/c1-3-15(4-2)12(13)14-7-9-16-10-11-6-5-8-17-11/h11H,3-10H2,1-2H3,(H2,13,14). The average Bonchev–Trinajstić information content (AvgIpc) is 2.83. The predicted octanol–water partition coefficient (Wildman–Crippen LogP) is 0.839. The number of hydrogen-bond donors (Lipinski definition) is 1. The van der Waals surface area contributed by atoms with Crippen LogP contribution in [-0.2, 0) is 9.47 Å². The van der Waals surface area contributed by atoms with Crippen molar-refractivity contribution in [3.63, 3.8) is 0 Å². The summed E-state index contributed by atoms with van der Waals surface area (Å²) in [4.78, 5) is 6.31. The van der Waals surface area contributed by atoms with Crippen molar-refractivity contribution < 1.29 is 9.47 Å². The fourth-order valence-electron chi connectivity index (χ4n) is 1.86. The molecule has 1 rings (SSSR count). The molecule has 2 N–H and O–H groups in total. The van der Waals surface area contributed by atoms with Gasteiger partial charge in [0.2, 0.25) is 0 Å². The maximum Gasteiger partial charge on any atom is 0.191 e. The molecule has 0 spiro atoms. The molecule has 0 aromatic rings. The van der Waals surface area contributed by atoms with E-state index in [1.54, 1.807) is 0 Å². The van der Waals surface area contributed by atoms with Gasteiger partial charge in [0.25, 0.3) is 0 Å². The van der Waals surface area contributed by atoms with Crippen LogP contribution in [0.5, 0.6) is 0 Å². The van der Waals surface area contributed by atoms with Crippen LogP contribution < -0.4 is 5.73 Å². The smallest absolute Gasteiger partial charge is 0.191 e. The molecule has 0 bridgehead atoms. The van der Waals surface area contributed by atoms with Gasteiger partial charge in [-0.05, 0) is 26.7 Å². The van der Waals surface area contributed by atoms with Crippen LogP contribution in [0, 0.1) is 0 Å². The molecular weight excluding hydrogens is 218 g/mol. The number of ether oxygens (including phenoxy) is 2. The quantitative estimate of drug-likeness (QED) is 0.409. The van der Waals surface area contributed by atoms with E-state index in [0.717, 1.165) is 32.5 Å². The Kier molecular flexibility index (Phi) is 6.96. The summed E-state index contributed by atoms with van der Waals surface area (Å²) in [7, 11) is 0. The lowest BCUT2D eigenvalue weighted by Gasteiger charge is -2.19. The molecular formula is C12H25N3O2. The second-order valence-corrected chi connectivity index (χ2v) is 4.12. The van der Waals surface area contributed by atoms with Gasteiger partial charge in [-0.2, -0.15) is 0 Å². The third-order valence-electron chi connectivity index (χ3n) is 2.92. The number of rotatable bonds is 7. The van der Waals surface area contributed by atoms with Crippen molar-refractivity contribution in [2.75, 3.05) is 39.5 Å². The molecule has 1 aliphatic rings. The molecule has 0 radical (unpaired) electrons. The van der Waals surface area contributed by atoms with Gasteiger partial charge in [-0.15, -0.1) is 0 Å². The Balaban J connectivity index is 2.07. The zero-order valence-corrected chi connectivity index (χ0v) is 11.0. The lowest BCUT2D eigenvalue weighted by Crippen LogP contribution is -2.37. The van der Waals surface area contributed by atoms with Crippen molar-refractivity contribution in [2.45, 2.75) is 32.8 Å². The first kappa shape index (κ1) is 14.3. The Morgan fingerprint density at radius 2 is 2.24 bits per heavy atom. The maximum atomic E-state index is 5.84. The van der Waals surface area contributed by atoms with E-state index in [1.165, 1.54) is 0 Å². The SMILES string of the molecule is CCN(CC)C(N)=NCCOCC1CCCO1. The highest BCUT2D eigenvalue weighted by molar-refractivity contribution is 5.77. The van der Waals surface area contributed by atoms with Crippen molar-refractivity contribution in [1.29, 1.82) is 0 Å². The van der Waals surface area contributed by atoms with Gasteiger partial charge < -0.3 is 20.1 Å². The third kappa shape index (κ3) is 5.37. The van der Waals surface area contributed by atoms with Crippen LogP contribution >= 0.6 is 0 Å². The molecule has 17 heavy (non-hydrogen) atoms. The first-order chi connectivity index (χ1) is 8.27. The van der Waals surface area contributed by atoms with E-state index in [2.05, 4.69) is 18.8 Å². The van der Waals surface area contributed by atoms with Crippen molar-refractivity contribution in [2.24, 2.45) is 10.7 Å². The Morgan fingerprint density at radius 3 is 2.82 bits per heavy atom. The highest BCUT2D eigenvalue weighted by atomic mass is 16.5. The monoisotopic (exact) mass is 243 g/mol. The molecule has 0 aromatic carbocycles. The van der Waals surface area contributed by atoms with E-state index in [9.17, 15) is 0 Å². The Bertz CT molecular complexity index is 224. The third-order valence-corrected chi connectivity index (χ3v) is 2.92. The van der Waals surface area contributed by atoms with Gasteiger partial charge in [0, 0.05) is 19.7 Å². The normalized spacial score (nSPS) is 20.8. The molecule has 1 fully saturated rings. The fourth-order valence-corrected chi connectivity index (χ4v) is 1.86. The molecule has 1 aliphatic heterocycles. The van der Waals surface area contributed by atoms with Crippen LogP contribution in [0.4, 0.5) is 0 Å². The number of aliphatic imine (C=N–C) groups is 1. The van der Waals surface area contributed by atoms with Gasteiger partial charge in [0.1, 0.15) is 0 Å². The topological polar surface area (TPSA) is 60.1 Å². The molecule has 1 heterocycles. The van der Waals surface area contributed by atoms with E-state index in [-0.39, 0.29) is 0 Å². The molecule has 5 heteroatoms. The molecule has 100 valence electrons. The lowest BCUT2D eigenvalue weighted by atomic mass is 10.2. The average molecular weight is 243 g/mol. The highest BCUT2D eigenvalue weighted by Crippen LogP contribution is 2.11. The molecule has 0 amide bonds. The first-order valence-electron chi connectivity index (χ1n) is 6.52. The second kappa shape index (κ2) is 8.31. The van der Waals surface area contributed by atoms with Crippen molar-refractivity contribution >= 4 is 5.96 Å². The van der Waals surface area contributed by atoms with Crippen molar-refractivity contribution in [1.82, 2.24) is 4.90 Å². The van der Waals surface area contributed by atoms with Crippen LogP contribution in [0.15, 0.2) is 4.99 Å². The van der Waals surface area contributed by atoms with Crippen molar-refractivity contribution in [3.8, 4) is 0 Å². The van der Waals surface area contributed by atoms with Gasteiger partial charge in [-0.3, -0.25) is 4.99 Å². The molecule has 5 nitrogen and oxygen atoms in total. The van der Waals surface area contributed by atoms with E-state index in [1.807, 2.05) is 4.90 Å². The Labute approximate surface area is 104 Å². The van der Waals surface area contributed by atoms with Gasteiger partial charge >= 0.3 is 0 Å². The van der Waals surface area contributed by atoms with Gasteiger partial charge in [0.15, 0.2) is 5.96 Å². The summed E-state index contributed by atoms with van der Waals surface area (Å²) < 4.78 is 11.0. The Morgan fingerprint density at radius 1 is 1.47 bits per heavy atom. The zero-order chi connectivity index (χ0) is 12.5. The lowest BCUT2D eigenvalue weighted by molar-refractivity contribution is 0.0199. The molecule has 1 atom stereocenters. The summed E-state index contributed by atoms with van der Waals surface area (Å²) in [5.41, 5.74) is 5.84. The summed E-state index contributed by atoms with van der Waals surface area (Å²) in [6, 6.07) is 0. The summed E-state index contributed by atoms with van der Waals surface area (Å²) in [5.74, 6) is 0.607. The second-order valence-electron chi connectivity index (χ2n) is 4.12. The fraction of sp³-hybridized carbons (Fsp3) is 0.917. The summed E-state index contributed by atoms with van der Waals surface area (Å²) in [6.07, 6.45) is 2.56. The van der Waals surface area contributed by atoms with E-state index < -0.39 is 0 Å². The first-order valence-corrected chi connectivity index (χ1v) is 6.52. The summed E-state index contributed by atoms with van der Waals surface area (Å²) in [6.45, 7) is 8.71. The Hall–Kier alpha value is -0.810. The molecule has 1 unspecified atom stereocenters. The minimum absolute atomic E-state index is 0.291. The minimum Gasteiger partial charge on any atom is -0.377 e. The van der Waals surface area contributed by atoms with Crippen molar-refractivity contribution in [3.05, 3.63) is 0 Å². The van der Waals surface area contributed by atoms with Crippen LogP contribution in [0.25, 0.3) is 0 Å². The van der Waals surface area contributed by atoms with Gasteiger partial charge in [-0.25, -0.2) is 0 Å². The maximum absolute atomic E-state index is 5.84.